The number of hydrogen-bond donors (Lipinski definition) is 1. The van der Waals surface area contributed by atoms with Gasteiger partial charge in [0.05, 0.1) is 4.90 Å². The van der Waals surface area contributed by atoms with Crippen molar-refractivity contribution < 1.29 is 8.42 Å². The number of piperidine rings is 1. The van der Waals surface area contributed by atoms with Crippen LogP contribution in [-0.4, -0.2) is 38.4 Å². The fraction of sp³-hybridized carbons (Fsp3) is 0.571. The zero-order valence-corrected chi connectivity index (χ0v) is 12.0. The first-order chi connectivity index (χ1) is 9.07. The molecule has 0 aliphatic carbocycles. The average Bonchev–Trinajstić information content (AvgIpc) is 2.86. The number of nitrogens with one attached hydrogen (secondary N) is 1. The third-order valence-electron chi connectivity index (χ3n) is 4.30. The topological polar surface area (TPSA) is 49.4 Å². The van der Waals surface area contributed by atoms with Crippen molar-refractivity contribution in [1.82, 2.24) is 9.62 Å². The monoisotopic (exact) mass is 280 g/mol. The van der Waals surface area contributed by atoms with Crippen molar-refractivity contribution in [3.63, 3.8) is 0 Å². The molecule has 1 N–H and O–H groups in total. The van der Waals surface area contributed by atoms with Gasteiger partial charge in [0.1, 0.15) is 0 Å². The summed E-state index contributed by atoms with van der Waals surface area (Å²) in [7, 11) is -3.32. The van der Waals surface area contributed by atoms with Crippen molar-refractivity contribution in [1.29, 1.82) is 0 Å². The van der Waals surface area contributed by atoms with E-state index in [4.69, 9.17) is 0 Å². The Bertz CT molecular complexity index is 553. The van der Waals surface area contributed by atoms with E-state index in [-0.39, 0.29) is 0 Å². The predicted molar refractivity (Wildman–Crippen MR) is 74.5 cm³/mol. The number of aryl methyl sites for hydroxylation is 1. The van der Waals surface area contributed by atoms with Gasteiger partial charge in [0.15, 0.2) is 0 Å². The van der Waals surface area contributed by atoms with Crippen LogP contribution in [0.5, 0.6) is 0 Å². The molecule has 2 heterocycles. The second-order valence-electron chi connectivity index (χ2n) is 5.57. The van der Waals surface area contributed by atoms with Gasteiger partial charge in [0, 0.05) is 19.1 Å². The van der Waals surface area contributed by atoms with Crippen LogP contribution in [0.15, 0.2) is 29.2 Å². The summed E-state index contributed by atoms with van der Waals surface area (Å²) in [4.78, 5) is 0.412. The molecule has 0 unspecified atom stereocenters. The van der Waals surface area contributed by atoms with Gasteiger partial charge in [0.25, 0.3) is 0 Å². The van der Waals surface area contributed by atoms with Crippen molar-refractivity contribution in [3.05, 3.63) is 29.8 Å². The van der Waals surface area contributed by atoms with Gasteiger partial charge in [-0.2, -0.15) is 4.31 Å². The fourth-order valence-corrected chi connectivity index (χ4v) is 4.56. The van der Waals surface area contributed by atoms with E-state index in [2.05, 4.69) is 5.32 Å². The van der Waals surface area contributed by atoms with Crippen LogP contribution in [-0.2, 0) is 10.0 Å². The molecule has 1 aromatic rings. The zero-order chi connectivity index (χ0) is 13.5. The van der Waals surface area contributed by atoms with Crippen molar-refractivity contribution in [2.75, 3.05) is 19.6 Å². The lowest BCUT2D eigenvalue weighted by Crippen LogP contribution is -2.48. The molecule has 2 aliphatic rings. The molecule has 0 radical (unpaired) electrons. The highest BCUT2D eigenvalue weighted by Gasteiger charge is 2.37. The molecule has 2 aliphatic heterocycles. The number of benzene rings is 1. The van der Waals surface area contributed by atoms with E-state index in [9.17, 15) is 8.42 Å². The summed E-state index contributed by atoms with van der Waals surface area (Å²) >= 11 is 0. The fourth-order valence-electron chi connectivity index (χ4n) is 3.08. The summed E-state index contributed by atoms with van der Waals surface area (Å²) in [5.41, 5.74) is 1.08. The Morgan fingerprint density at radius 1 is 1.21 bits per heavy atom. The largest absolute Gasteiger partial charge is 0.312 e. The number of rotatable bonds is 2. The van der Waals surface area contributed by atoms with Gasteiger partial charge in [-0.3, -0.25) is 0 Å². The second-order valence-corrected chi connectivity index (χ2v) is 7.51. The summed E-state index contributed by atoms with van der Waals surface area (Å²) in [6, 6.07) is 7.47. The van der Waals surface area contributed by atoms with Crippen LogP contribution >= 0.6 is 0 Å². The first-order valence-electron chi connectivity index (χ1n) is 6.87. The maximum absolute atomic E-state index is 12.6. The van der Waals surface area contributed by atoms with Gasteiger partial charge in [-0.05, 0) is 44.4 Å². The minimum Gasteiger partial charge on any atom is -0.312 e. The molecule has 0 bridgehead atoms. The van der Waals surface area contributed by atoms with Crippen LogP contribution in [0.3, 0.4) is 0 Å². The molecule has 2 atom stereocenters. The first-order valence-corrected chi connectivity index (χ1v) is 8.31. The smallest absolute Gasteiger partial charge is 0.243 e. The molecule has 5 heteroatoms. The number of sulfonamides is 1. The summed E-state index contributed by atoms with van der Waals surface area (Å²) in [6.07, 6.45) is 2.16. The van der Waals surface area contributed by atoms with Gasteiger partial charge < -0.3 is 5.32 Å². The zero-order valence-electron chi connectivity index (χ0n) is 11.2. The van der Waals surface area contributed by atoms with Gasteiger partial charge in [-0.1, -0.05) is 17.7 Å². The summed E-state index contributed by atoms with van der Waals surface area (Å²) in [5.74, 6) is 0.657. The van der Waals surface area contributed by atoms with Crippen molar-refractivity contribution in [3.8, 4) is 0 Å². The number of fused-ring (bicyclic) bond motifs is 1. The summed E-state index contributed by atoms with van der Waals surface area (Å²) in [6.45, 7) is 4.25. The molecule has 104 valence electrons. The highest BCUT2D eigenvalue weighted by atomic mass is 32.2. The highest BCUT2D eigenvalue weighted by molar-refractivity contribution is 7.89. The molecule has 0 amide bonds. The molecular weight excluding hydrogens is 260 g/mol. The Labute approximate surface area is 114 Å². The maximum atomic E-state index is 12.6. The van der Waals surface area contributed by atoms with Crippen LogP contribution in [0.1, 0.15) is 18.4 Å². The minimum atomic E-state index is -3.32. The number of hydrogen-bond acceptors (Lipinski definition) is 3. The molecular formula is C14H20N2O2S. The summed E-state index contributed by atoms with van der Waals surface area (Å²) < 4.78 is 26.8. The SMILES string of the molecule is Cc1ccc(S(=O)(=O)N2CC[C@H]3CCN[C@@H]3C2)cc1. The first kappa shape index (κ1) is 13.1. The Kier molecular flexibility index (Phi) is 3.37. The molecule has 4 nitrogen and oxygen atoms in total. The van der Waals surface area contributed by atoms with Crippen molar-refractivity contribution >= 4 is 10.0 Å². The van der Waals surface area contributed by atoms with Crippen LogP contribution in [0.4, 0.5) is 0 Å². The molecule has 0 aromatic heterocycles. The highest BCUT2D eigenvalue weighted by Crippen LogP contribution is 2.28. The van der Waals surface area contributed by atoms with Gasteiger partial charge >= 0.3 is 0 Å². The van der Waals surface area contributed by atoms with Gasteiger partial charge in [-0.25, -0.2) is 8.42 Å². The van der Waals surface area contributed by atoms with Crippen molar-refractivity contribution in [2.24, 2.45) is 5.92 Å². The van der Waals surface area contributed by atoms with E-state index in [1.54, 1.807) is 16.4 Å². The van der Waals surface area contributed by atoms with Crippen LogP contribution in [0.2, 0.25) is 0 Å². The lowest BCUT2D eigenvalue weighted by atomic mass is 9.94. The lowest BCUT2D eigenvalue weighted by Gasteiger charge is -2.34. The Morgan fingerprint density at radius 3 is 2.68 bits per heavy atom. The molecule has 2 fully saturated rings. The van der Waals surface area contributed by atoms with Crippen LogP contribution in [0, 0.1) is 12.8 Å². The minimum absolute atomic E-state index is 0.342. The van der Waals surface area contributed by atoms with E-state index in [1.807, 2.05) is 19.1 Å². The lowest BCUT2D eigenvalue weighted by molar-refractivity contribution is 0.249. The quantitative estimate of drug-likeness (QED) is 0.890. The van der Waals surface area contributed by atoms with E-state index in [0.29, 0.717) is 29.9 Å². The van der Waals surface area contributed by atoms with Crippen LogP contribution in [0.25, 0.3) is 0 Å². The van der Waals surface area contributed by atoms with E-state index in [0.717, 1.165) is 18.5 Å². The Morgan fingerprint density at radius 2 is 1.95 bits per heavy atom. The molecule has 3 rings (SSSR count). The molecule has 1 aromatic carbocycles. The Balaban J connectivity index is 1.82. The van der Waals surface area contributed by atoms with E-state index in [1.165, 1.54) is 6.42 Å². The van der Waals surface area contributed by atoms with E-state index < -0.39 is 10.0 Å². The van der Waals surface area contributed by atoms with E-state index >= 15 is 0 Å². The second kappa shape index (κ2) is 4.89. The Hall–Kier alpha value is -0.910. The van der Waals surface area contributed by atoms with Gasteiger partial charge in [-0.15, -0.1) is 0 Å². The number of nitrogens with zero attached hydrogens (tertiary/aromatic N) is 1. The molecule has 2 saturated heterocycles. The maximum Gasteiger partial charge on any atom is 0.243 e. The van der Waals surface area contributed by atoms with Crippen molar-refractivity contribution in [2.45, 2.75) is 30.7 Å². The summed E-state index contributed by atoms with van der Waals surface area (Å²) in [5, 5.41) is 3.42. The molecule has 0 saturated carbocycles. The third kappa shape index (κ3) is 2.42. The molecule has 0 spiro atoms. The normalized spacial score (nSPS) is 28.3. The molecule has 19 heavy (non-hydrogen) atoms. The third-order valence-corrected chi connectivity index (χ3v) is 6.18. The predicted octanol–water partition coefficient (Wildman–Crippen LogP) is 1.37. The standard InChI is InChI=1S/C14H20N2O2S/c1-11-2-4-13(5-3-11)19(17,18)16-9-7-12-6-8-15-14(12)10-16/h2-5,12,14-15H,6-10H2,1H3/t12-,14-/m1/s1. The van der Waals surface area contributed by atoms with Crippen LogP contribution < -0.4 is 5.32 Å². The average molecular weight is 280 g/mol. The van der Waals surface area contributed by atoms with Gasteiger partial charge in [0.2, 0.25) is 10.0 Å².